The third-order valence-corrected chi connectivity index (χ3v) is 5.57. The van der Waals surface area contributed by atoms with E-state index in [4.69, 9.17) is 49.4 Å². The SMILES string of the molecule is CCOC(=O)C[C@@H](O)CCl.CCOC(=O)C[C@H](CCl)OC(=O)c1ccc([N+](=O)[O-])cc1.O=C(Cl)c1ccc([N+](=O)[O-])cc1.[CH3-]. The molecule has 2 atom stereocenters. The molecular formula is C27H32Cl3N2O12-. The standard InChI is InChI=1S/C13H14ClNO6.C7H4ClNO3.C6H11ClO3.CH3/c1-2-20-12(16)7-11(8-14)21-13(17)9-3-5-10(6-4-9)15(18)19;8-7(10)5-1-3-6(4-2-5)9(11)12;1-2-10-6(9)3-5(8)4-7;/h3-6,11H,2,7-8H2,1H3;1-4H;5,8H,2-4H2,1H3;1H3/q;;;-1/t11-;;5-;/m1.1./s1. The van der Waals surface area contributed by atoms with E-state index in [0.717, 1.165) is 0 Å². The number of hydrogen-bond donors (Lipinski definition) is 1. The van der Waals surface area contributed by atoms with E-state index in [2.05, 4.69) is 4.74 Å². The van der Waals surface area contributed by atoms with Crippen molar-refractivity contribution in [2.45, 2.75) is 38.9 Å². The molecule has 0 aliphatic heterocycles. The summed E-state index contributed by atoms with van der Waals surface area (Å²) in [6, 6.07) is 10.0. The first-order valence-electron chi connectivity index (χ1n) is 12.3. The molecule has 2 aromatic rings. The molecule has 0 heterocycles. The minimum Gasteiger partial charge on any atom is -0.466 e. The Labute approximate surface area is 268 Å². The first kappa shape index (κ1) is 42.3. The molecule has 244 valence electrons. The van der Waals surface area contributed by atoms with E-state index < -0.39 is 45.2 Å². The molecule has 0 radical (unpaired) electrons. The number of non-ortho nitro benzene ring substituents is 2. The van der Waals surface area contributed by atoms with Crippen LogP contribution < -0.4 is 0 Å². The Kier molecular flexibility index (Phi) is 22.7. The van der Waals surface area contributed by atoms with E-state index >= 15 is 0 Å². The lowest BCUT2D eigenvalue weighted by molar-refractivity contribution is -0.385. The number of nitro groups is 2. The van der Waals surface area contributed by atoms with Crippen molar-refractivity contribution in [3.05, 3.63) is 87.3 Å². The fraction of sp³-hybridized carbons (Fsp3) is 0.370. The van der Waals surface area contributed by atoms with E-state index in [9.17, 15) is 39.4 Å². The van der Waals surface area contributed by atoms with Crippen molar-refractivity contribution in [3.63, 3.8) is 0 Å². The first-order chi connectivity index (χ1) is 20.3. The van der Waals surface area contributed by atoms with Crippen LogP contribution in [0.5, 0.6) is 0 Å². The maximum atomic E-state index is 11.8. The number of aliphatic hydroxyl groups excluding tert-OH is 1. The lowest BCUT2D eigenvalue weighted by Gasteiger charge is -2.14. The number of carbonyl (C=O) groups is 4. The summed E-state index contributed by atoms with van der Waals surface area (Å²) in [5, 5.41) is 28.9. The van der Waals surface area contributed by atoms with Gasteiger partial charge in [0, 0.05) is 35.7 Å². The molecule has 0 bridgehead atoms. The van der Waals surface area contributed by atoms with Crippen LogP contribution in [0.25, 0.3) is 0 Å². The Balaban J connectivity index is 0. The molecular weight excluding hydrogens is 651 g/mol. The van der Waals surface area contributed by atoms with Gasteiger partial charge in [-0.3, -0.25) is 34.6 Å². The lowest BCUT2D eigenvalue weighted by Crippen LogP contribution is -2.24. The summed E-state index contributed by atoms with van der Waals surface area (Å²) in [5.74, 6) is -1.62. The number of carbonyl (C=O) groups excluding carboxylic acids is 4. The van der Waals surface area contributed by atoms with E-state index in [1.807, 2.05) is 0 Å². The van der Waals surface area contributed by atoms with Crippen LogP contribution in [-0.2, 0) is 23.8 Å². The molecule has 2 aromatic carbocycles. The minimum atomic E-state index is -0.812. The highest BCUT2D eigenvalue weighted by Crippen LogP contribution is 2.15. The second kappa shape index (κ2) is 23.6. The van der Waals surface area contributed by atoms with Crippen LogP contribution in [0.2, 0.25) is 0 Å². The Bertz CT molecular complexity index is 1180. The number of benzene rings is 2. The van der Waals surface area contributed by atoms with Crippen LogP contribution in [-0.4, -0.2) is 75.3 Å². The van der Waals surface area contributed by atoms with Crippen molar-refractivity contribution < 1.29 is 48.3 Å². The summed E-state index contributed by atoms with van der Waals surface area (Å²) in [6.45, 7) is 3.94. The zero-order chi connectivity index (χ0) is 32.9. The molecule has 0 amide bonds. The molecule has 1 N–H and O–H groups in total. The molecule has 44 heavy (non-hydrogen) atoms. The number of aliphatic hydroxyl groups is 1. The summed E-state index contributed by atoms with van der Waals surface area (Å²) < 4.78 is 14.4. The molecule has 14 nitrogen and oxygen atoms in total. The van der Waals surface area contributed by atoms with E-state index in [1.165, 1.54) is 48.5 Å². The molecule has 0 fully saturated rings. The fourth-order valence-electron chi connectivity index (χ4n) is 2.65. The normalized spacial score (nSPS) is 11.0. The molecule has 17 heteroatoms. The number of halogens is 3. The third kappa shape index (κ3) is 18.0. The van der Waals surface area contributed by atoms with Gasteiger partial charge in [0.25, 0.3) is 16.6 Å². The van der Waals surface area contributed by atoms with Crippen molar-refractivity contribution in [1.29, 1.82) is 0 Å². The Morgan fingerprint density at radius 1 is 0.773 bits per heavy atom. The molecule has 0 saturated carbocycles. The monoisotopic (exact) mass is 681 g/mol. The van der Waals surface area contributed by atoms with Crippen molar-refractivity contribution in [1.82, 2.24) is 0 Å². The average Bonchev–Trinajstić information content (AvgIpc) is 2.97. The fourth-order valence-corrected chi connectivity index (χ4v) is 3.06. The topological polar surface area (TPSA) is 202 Å². The molecule has 0 saturated heterocycles. The van der Waals surface area contributed by atoms with Gasteiger partial charge in [-0.15, -0.1) is 23.2 Å². The van der Waals surface area contributed by atoms with Crippen molar-refractivity contribution in [2.24, 2.45) is 0 Å². The summed E-state index contributed by atoms with van der Waals surface area (Å²) in [6.07, 6.45) is -1.75. The predicted octanol–water partition coefficient (Wildman–Crippen LogP) is 5.28. The second-order valence-corrected chi connectivity index (χ2v) is 8.85. The van der Waals surface area contributed by atoms with Crippen LogP contribution in [0.15, 0.2) is 48.5 Å². The number of hydrogen-bond acceptors (Lipinski definition) is 12. The van der Waals surface area contributed by atoms with Gasteiger partial charge in [-0.05, 0) is 49.7 Å². The van der Waals surface area contributed by atoms with Gasteiger partial charge in [0.05, 0.1) is 53.4 Å². The quantitative estimate of drug-likeness (QED) is 0.0546. The molecule has 0 aliphatic carbocycles. The van der Waals surface area contributed by atoms with Crippen LogP contribution in [0.1, 0.15) is 47.4 Å². The number of rotatable bonds is 13. The van der Waals surface area contributed by atoms with E-state index in [-0.39, 0.29) is 61.1 Å². The zero-order valence-electron chi connectivity index (χ0n) is 24.0. The highest BCUT2D eigenvalue weighted by atomic mass is 35.5. The Hall–Kier alpha value is -3.85. The van der Waals surface area contributed by atoms with Crippen LogP contribution in [0.4, 0.5) is 11.4 Å². The highest BCUT2D eigenvalue weighted by Gasteiger charge is 2.20. The van der Waals surface area contributed by atoms with Gasteiger partial charge in [0.1, 0.15) is 6.10 Å². The molecule has 0 aromatic heterocycles. The Morgan fingerprint density at radius 2 is 1.18 bits per heavy atom. The predicted molar refractivity (Wildman–Crippen MR) is 162 cm³/mol. The van der Waals surface area contributed by atoms with Crippen LogP contribution >= 0.6 is 34.8 Å². The maximum Gasteiger partial charge on any atom is 0.338 e. The molecule has 2 rings (SSSR count). The van der Waals surface area contributed by atoms with Gasteiger partial charge in [-0.1, -0.05) is 0 Å². The molecule has 0 unspecified atom stereocenters. The number of nitro benzene ring substituents is 2. The summed E-state index contributed by atoms with van der Waals surface area (Å²) in [7, 11) is 0. The number of alkyl halides is 2. The summed E-state index contributed by atoms with van der Waals surface area (Å²) >= 11 is 16.0. The van der Waals surface area contributed by atoms with Gasteiger partial charge >= 0.3 is 17.9 Å². The zero-order valence-corrected chi connectivity index (χ0v) is 26.3. The average molecular weight is 683 g/mol. The van der Waals surface area contributed by atoms with Crippen molar-refractivity contribution in [3.8, 4) is 0 Å². The van der Waals surface area contributed by atoms with Gasteiger partial charge < -0.3 is 26.7 Å². The molecule has 0 aliphatic rings. The number of nitrogens with zero attached hydrogens (tertiary/aromatic N) is 2. The van der Waals surface area contributed by atoms with Crippen LogP contribution in [0.3, 0.4) is 0 Å². The largest absolute Gasteiger partial charge is 0.466 e. The number of ether oxygens (including phenoxy) is 3. The van der Waals surface area contributed by atoms with Crippen LogP contribution in [0, 0.1) is 27.7 Å². The lowest BCUT2D eigenvalue weighted by atomic mass is 10.2. The second-order valence-electron chi connectivity index (χ2n) is 7.89. The Morgan fingerprint density at radius 3 is 1.52 bits per heavy atom. The van der Waals surface area contributed by atoms with Crippen molar-refractivity contribution in [2.75, 3.05) is 25.0 Å². The van der Waals surface area contributed by atoms with Gasteiger partial charge in [0.2, 0.25) is 0 Å². The maximum absolute atomic E-state index is 11.8. The first-order valence-corrected chi connectivity index (χ1v) is 13.7. The minimum absolute atomic E-state index is 0. The third-order valence-electron chi connectivity index (χ3n) is 4.65. The molecule has 0 spiro atoms. The summed E-state index contributed by atoms with van der Waals surface area (Å²) in [5.41, 5.74) is 0.200. The smallest absolute Gasteiger partial charge is 0.338 e. The highest BCUT2D eigenvalue weighted by molar-refractivity contribution is 6.67. The number of esters is 3. The summed E-state index contributed by atoms with van der Waals surface area (Å²) in [4.78, 5) is 63.8. The van der Waals surface area contributed by atoms with Gasteiger partial charge in [0.15, 0.2) is 0 Å². The van der Waals surface area contributed by atoms with Gasteiger partial charge in [-0.2, -0.15) is 0 Å². The van der Waals surface area contributed by atoms with E-state index in [0.29, 0.717) is 6.61 Å². The van der Waals surface area contributed by atoms with Crippen molar-refractivity contribution >= 4 is 69.3 Å². The van der Waals surface area contributed by atoms with E-state index in [1.54, 1.807) is 13.8 Å². The van der Waals surface area contributed by atoms with Gasteiger partial charge in [-0.25, -0.2) is 4.79 Å².